The number of aromatic nitrogens is 2. The van der Waals surface area contributed by atoms with Gasteiger partial charge in [0.2, 0.25) is 0 Å². The molecule has 2 heterocycles. The molecule has 0 saturated carbocycles. The molecule has 0 amide bonds. The van der Waals surface area contributed by atoms with Gasteiger partial charge in [-0.3, -0.25) is 0 Å². The number of hydrogen-bond donors (Lipinski definition) is 1. The van der Waals surface area contributed by atoms with Gasteiger partial charge >= 0.3 is 5.97 Å². The predicted molar refractivity (Wildman–Crippen MR) is 101 cm³/mol. The number of nitrogens with zero attached hydrogens (tertiary/aromatic N) is 2. The first kappa shape index (κ1) is 18.1. The van der Waals surface area contributed by atoms with Crippen LogP contribution >= 0.6 is 11.3 Å². The van der Waals surface area contributed by atoms with Crippen LogP contribution in [-0.4, -0.2) is 43.4 Å². The summed E-state index contributed by atoms with van der Waals surface area (Å²) in [5.41, 5.74) is 1.66. The van der Waals surface area contributed by atoms with Crippen LogP contribution in [0.1, 0.15) is 15.2 Å². The Hall–Kier alpha value is -2.71. The molecule has 3 rings (SSSR count). The monoisotopic (exact) mass is 373 g/mol. The zero-order valence-corrected chi connectivity index (χ0v) is 15.6. The molecule has 0 aliphatic rings. The Morgan fingerprint density at radius 1 is 1.15 bits per heavy atom. The summed E-state index contributed by atoms with van der Waals surface area (Å²) in [7, 11) is 3.18. The van der Waals surface area contributed by atoms with Crippen molar-refractivity contribution < 1.29 is 19.0 Å². The third-order valence-corrected chi connectivity index (χ3v) is 4.97. The van der Waals surface area contributed by atoms with Gasteiger partial charge in [0.1, 0.15) is 34.2 Å². The summed E-state index contributed by atoms with van der Waals surface area (Å²) in [6.45, 7) is 2.44. The number of carbonyl (C=O) groups excluding carboxylic acids is 1. The molecule has 8 heteroatoms. The average molecular weight is 373 g/mol. The number of hydrogen-bond acceptors (Lipinski definition) is 8. The highest BCUT2D eigenvalue weighted by Crippen LogP contribution is 2.35. The Kier molecular flexibility index (Phi) is 5.65. The Labute approximate surface area is 154 Å². The van der Waals surface area contributed by atoms with E-state index in [0.29, 0.717) is 17.3 Å². The number of esters is 1. The van der Waals surface area contributed by atoms with Crippen molar-refractivity contribution >= 4 is 39.0 Å². The van der Waals surface area contributed by atoms with Crippen LogP contribution in [0.3, 0.4) is 0 Å². The first-order chi connectivity index (χ1) is 12.6. The molecule has 0 unspecified atom stereocenters. The minimum Gasteiger partial charge on any atom is -0.497 e. The van der Waals surface area contributed by atoms with E-state index in [2.05, 4.69) is 15.3 Å². The van der Waals surface area contributed by atoms with Gasteiger partial charge in [0, 0.05) is 12.8 Å². The summed E-state index contributed by atoms with van der Waals surface area (Å²) < 4.78 is 15.3. The van der Waals surface area contributed by atoms with Gasteiger partial charge in [-0.15, -0.1) is 11.3 Å². The van der Waals surface area contributed by atoms with E-state index in [0.717, 1.165) is 27.2 Å². The van der Waals surface area contributed by atoms with Gasteiger partial charge in [-0.1, -0.05) is 0 Å². The number of benzene rings is 1. The van der Waals surface area contributed by atoms with Crippen molar-refractivity contribution in [3.8, 4) is 5.75 Å². The van der Waals surface area contributed by atoms with Crippen LogP contribution in [0, 0.1) is 6.92 Å². The van der Waals surface area contributed by atoms with E-state index in [1.807, 2.05) is 31.2 Å². The van der Waals surface area contributed by atoms with Crippen LogP contribution < -0.4 is 10.1 Å². The molecule has 1 N–H and O–H groups in total. The number of nitrogens with one attached hydrogen (secondary N) is 1. The molecule has 0 saturated heterocycles. The van der Waals surface area contributed by atoms with Crippen molar-refractivity contribution in [2.75, 3.05) is 32.8 Å². The van der Waals surface area contributed by atoms with E-state index < -0.39 is 0 Å². The number of ether oxygens (including phenoxy) is 3. The smallest absolute Gasteiger partial charge is 0.348 e. The molecule has 0 atom stereocenters. The number of methoxy groups -OCH3 is 2. The third kappa shape index (κ3) is 3.76. The van der Waals surface area contributed by atoms with Gasteiger partial charge in [0.25, 0.3) is 0 Å². The summed E-state index contributed by atoms with van der Waals surface area (Å²) in [6.07, 6.45) is 1.48. The molecule has 0 aliphatic carbocycles. The molecule has 2 aromatic heterocycles. The molecular formula is C18H19N3O4S. The number of rotatable bonds is 7. The lowest BCUT2D eigenvalue weighted by Gasteiger charge is -2.08. The Morgan fingerprint density at radius 2 is 1.92 bits per heavy atom. The van der Waals surface area contributed by atoms with E-state index in [1.165, 1.54) is 17.7 Å². The maximum atomic E-state index is 12.3. The van der Waals surface area contributed by atoms with Gasteiger partial charge in [-0.2, -0.15) is 0 Å². The third-order valence-electron chi connectivity index (χ3n) is 3.79. The molecule has 0 bridgehead atoms. The molecule has 0 aliphatic heterocycles. The van der Waals surface area contributed by atoms with E-state index >= 15 is 0 Å². The molecule has 3 aromatic rings. The second-order valence-corrected chi connectivity index (χ2v) is 6.44. The number of aryl methyl sites for hydroxylation is 1. The lowest BCUT2D eigenvalue weighted by atomic mass is 10.2. The summed E-state index contributed by atoms with van der Waals surface area (Å²) in [6, 6.07) is 7.52. The first-order valence-corrected chi connectivity index (χ1v) is 8.77. The minimum absolute atomic E-state index is 0.214. The molecule has 136 valence electrons. The summed E-state index contributed by atoms with van der Waals surface area (Å²) >= 11 is 1.29. The standard InChI is InChI=1S/C18H19N3O4S/c1-11-14-16(21-12-4-6-13(24-3)7-5-12)19-10-20-17(14)26-15(11)18(22)25-9-8-23-2/h4-7,10H,8-9H2,1-3H3,(H,19,20,21). The van der Waals surface area contributed by atoms with Crippen LogP contribution in [0.2, 0.25) is 0 Å². The van der Waals surface area contributed by atoms with Crippen LogP contribution in [0.15, 0.2) is 30.6 Å². The highest BCUT2D eigenvalue weighted by Gasteiger charge is 2.20. The van der Waals surface area contributed by atoms with Crippen LogP contribution in [0.4, 0.5) is 11.5 Å². The molecule has 1 aromatic carbocycles. The summed E-state index contributed by atoms with van der Waals surface area (Å²) in [5.74, 6) is 1.04. The first-order valence-electron chi connectivity index (χ1n) is 7.95. The Morgan fingerprint density at radius 3 is 2.62 bits per heavy atom. The number of anilines is 2. The van der Waals surface area contributed by atoms with Gasteiger partial charge in [0.15, 0.2) is 0 Å². The zero-order chi connectivity index (χ0) is 18.5. The molecule has 0 fully saturated rings. The number of carbonyl (C=O) groups is 1. The second kappa shape index (κ2) is 8.11. The molecule has 7 nitrogen and oxygen atoms in total. The number of thiophene rings is 1. The van der Waals surface area contributed by atoms with Gasteiger partial charge in [-0.25, -0.2) is 14.8 Å². The largest absolute Gasteiger partial charge is 0.497 e. The van der Waals surface area contributed by atoms with Crippen LogP contribution in [0.5, 0.6) is 5.75 Å². The van der Waals surface area contributed by atoms with E-state index in [4.69, 9.17) is 14.2 Å². The Bertz CT molecular complexity index is 909. The lowest BCUT2D eigenvalue weighted by Crippen LogP contribution is -2.09. The van der Waals surface area contributed by atoms with E-state index in [1.54, 1.807) is 14.2 Å². The lowest BCUT2D eigenvalue weighted by molar-refractivity contribution is 0.0393. The van der Waals surface area contributed by atoms with Crippen molar-refractivity contribution in [3.63, 3.8) is 0 Å². The topological polar surface area (TPSA) is 82.6 Å². The van der Waals surface area contributed by atoms with Crippen molar-refractivity contribution in [1.29, 1.82) is 0 Å². The fourth-order valence-electron chi connectivity index (χ4n) is 2.46. The van der Waals surface area contributed by atoms with Crippen molar-refractivity contribution in [3.05, 3.63) is 41.0 Å². The van der Waals surface area contributed by atoms with Crippen LogP contribution in [-0.2, 0) is 9.47 Å². The SMILES string of the molecule is COCCOC(=O)c1sc2ncnc(Nc3ccc(OC)cc3)c2c1C. The highest BCUT2D eigenvalue weighted by molar-refractivity contribution is 7.20. The maximum absolute atomic E-state index is 12.3. The van der Waals surface area contributed by atoms with Gasteiger partial charge in [-0.05, 0) is 36.8 Å². The molecular weight excluding hydrogens is 354 g/mol. The van der Waals surface area contributed by atoms with Crippen molar-refractivity contribution in [2.24, 2.45) is 0 Å². The van der Waals surface area contributed by atoms with Gasteiger partial charge < -0.3 is 19.5 Å². The van der Waals surface area contributed by atoms with E-state index in [9.17, 15) is 4.79 Å². The number of fused-ring (bicyclic) bond motifs is 1. The van der Waals surface area contributed by atoms with E-state index in [-0.39, 0.29) is 12.6 Å². The van der Waals surface area contributed by atoms with Crippen LogP contribution in [0.25, 0.3) is 10.2 Å². The summed E-state index contributed by atoms with van der Waals surface area (Å²) in [4.78, 5) is 22.2. The van der Waals surface area contributed by atoms with Crippen molar-refractivity contribution in [1.82, 2.24) is 9.97 Å². The maximum Gasteiger partial charge on any atom is 0.348 e. The quantitative estimate of drug-likeness (QED) is 0.501. The zero-order valence-electron chi connectivity index (χ0n) is 14.7. The minimum atomic E-state index is -0.377. The molecule has 0 radical (unpaired) electrons. The second-order valence-electron chi connectivity index (χ2n) is 5.44. The normalized spacial score (nSPS) is 10.7. The fourth-order valence-corrected chi connectivity index (χ4v) is 3.50. The summed E-state index contributed by atoms with van der Waals surface area (Å²) in [5, 5.41) is 4.08. The molecule has 26 heavy (non-hydrogen) atoms. The van der Waals surface area contributed by atoms with Gasteiger partial charge in [0.05, 0.1) is 19.1 Å². The predicted octanol–water partition coefficient (Wildman–Crippen LogP) is 3.56. The fraction of sp³-hybridized carbons (Fsp3) is 0.278. The van der Waals surface area contributed by atoms with Crippen molar-refractivity contribution in [2.45, 2.75) is 6.92 Å². The average Bonchev–Trinajstić information content (AvgIpc) is 3.00. The Balaban J connectivity index is 1.90. The highest BCUT2D eigenvalue weighted by atomic mass is 32.1. The molecule has 0 spiro atoms.